The molecule has 1 atom stereocenters. The lowest BCUT2D eigenvalue weighted by molar-refractivity contribution is -0.0238. The fourth-order valence-electron chi connectivity index (χ4n) is 4.35. The lowest BCUT2D eigenvalue weighted by Gasteiger charge is -2.17. The second-order valence-corrected chi connectivity index (χ2v) is 10.2. The van der Waals surface area contributed by atoms with Crippen molar-refractivity contribution in [2.75, 3.05) is 26.4 Å². The molecular formula is C31H55N3O5. The first-order chi connectivity index (χ1) is 19.2. The molecule has 0 bridgehead atoms. The zero-order valence-corrected chi connectivity index (χ0v) is 24.7. The Hall–Kier alpha value is -2.35. The predicted molar refractivity (Wildman–Crippen MR) is 157 cm³/mol. The molecule has 1 aromatic heterocycles. The number of ether oxygens (including phenoxy) is 3. The third kappa shape index (κ3) is 22.2. The van der Waals surface area contributed by atoms with Crippen LogP contribution < -0.4 is 10.6 Å². The Labute approximate surface area is 237 Å². The molecule has 0 spiro atoms. The van der Waals surface area contributed by atoms with Gasteiger partial charge in [-0.2, -0.15) is 0 Å². The molecule has 8 nitrogen and oxygen atoms in total. The van der Waals surface area contributed by atoms with Crippen molar-refractivity contribution in [1.29, 1.82) is 0 Å². The van der Waals surface area contributed by atoms with Crippen molar-refractivity contribution in [2.45, 2.75) is 129 Å². The smallest absolute Gasteiger partial charge is 0.407 e. The predicted octanol–water partition coefficient (Wildman–Crippen LogP) is 7.70. The molecule has 2 amide bonds. The highest BCUT2D eigenvalue weighted by Gasteiger charge is 2.15. The molecule has 0 aromatic carbocycles. The molecule has 2 N–H and O–H groups in total. The first-order valence-electron chi connectivity index (χ1n) is 15.5. The molecular weight excluding hydrogens is 494 g/mol. The number of pyridine rings is 1. The molecule has 1 aromatic rings. The maximum Gasteiger partial charge on any atom is 0.407 e. The van der Waals surface area contributed by atoms with E-state index in [0.717, 1.165) is 18.5 Å². The molecule has 1 unspecified atom stereocenters. The third-order valence-corrected chi connectivity index (χ3v) is 6.64. The molecule has 0 saturated carbocycles. The van der Waals surface area contributed by atoms with Crippen molar-refractivity contribution in [2.24, 2.45) is 0 Å². The minimum absolute atomic E-state index is 0.00566. The number of alkyl carbamates (subject to hydrolysis) is 2. The molecule has 0 aliphatic carbocycles. The van der Waals surface area contributed by atoms with Crippen molar-refractivity contribution in [3.8, 4) is 0 Å². The Bertz CT molecular complexity index is 705. The van der Waals surface area contributed by atoms with Gasteiger partial charge in [0.05, 0.1) is 12.2 Å². The largest absolute Gasteiger partial charge is 0.447 e. The van der Waals surface area contributed by atoms with E-state index in [0.29, 0.717) is 13.2 Å². The van der Waals surface area contributed by atoms with E-state index in [1.165, 1.54) is 89.9 Å². The van der Waals surface area contributed by atoms with Gasteiger partial charge in [0.15, 0.2) is 0 Å². The van der Waals surface area contributed by atoms with Gasteiger partial charge in [-0.1, -0.05) is 109 Å². The van der Waals surface area contributed by atoms with E-state index < -0.39 is 18.3 Å². The minimum Gasteiger partial charge on any atom is -0.447 e. The summed E-state index contributed by atoms with van der Waals surface area (Å²) >= 11 is 0. The molecule has 0 aliphatic heterocycles. The van der Waals surface area contributed by atoms with Gasteiger partial charge in [-0.3, -0.25) is 4.98 Å². The zero-order chi connectivity index (χ0) is 28.2. The number of hydrogen-bond donors (Lipinski definition) is 2. The maximum absolute atomic E-state index is 12.0. The second-order valence-electron chi connectivity index (χ2n) is 10.2. The Kier molecular flexibility index (Phi) is 23.0. The number of nitrogens with one attached hydrogen (secondary N) is 2. The SMILES string of the molecule is CCCCCCCCCCCCCCCCCCNC(=O)OCC(COC(=O)NCc1ccccn1)OCC. The minimum atomic E-state index is -0.571. The number of unbranched alkanes of at least 4 members (excludes halogenated alkanes) is 15. The normalized spacial score (nSPS) is 11.6. The van der Waals surface area contributed by atoms with Gasteiger partial charge in [-0.05, 0) is 25.5 Å². The fourth-order valence-corrected chi connectivity index (χ4v) is 4.35. The summed E-state index contributed by atoms with van der Waals surface area (Å²) in [5.41, 5.74) is 0.736. The fraction of sp³-hybridized carbons (Fsp3) is 0.774. The molecule has 0 aliphatic rings. The number of aromatic nitrogens is 1. The molecule has 0 radical (unpaired) electrons. The average molecular weight is 550 g/mol. The number of carbonyl (C=O) groups is 2. The number of hydrogen-bond acceptors (Lipinski definition) is 6. The summed E-state index contributed by atoms with van der Waals surface area (Å²) < 4.78 is 16.0. The Balaban J connectivity index is 1.93. The summed E-state index contributed by atoms with van der Waals surface area (Å²) in [6.07, 6.45) is 21.3. The van der Waals surface area contributed by atoms with Crippen LogP contribution in [0, 0.1) is 0 Å². The van der Waals surface area contributed by atoms with Gasteiger partial charge in [0.25, 0.3) is 0 Å². The number of carbonyl (C=O) groups excluding carboxylic acids is 2. The van der Waals surface area contributed by atoms with E-state index in [-0.39, 0.29) is 19.8 Å². The van der Waals surface area contributed by atoms with Crippen molar-refractivity contribution in [3.63, 3.8) is 0 Å². The first kappa shape index (κ1) is 34.7. The molecule has 224 valence electrons. The summed E-state index contributed by atoms with van der Waals surface area (Å²) in [6.45, 7) is 5.42. The topological polar surface area (TPSA) is 98.8 Å². The van der Waals surface area contributed by atoms with Gasteiger partial charge in [0.1, 0.15) is 19.3 Å². The number of nitrogens with zero attached hydrogens (tertiary/aromatic N) is 1. The quantitative estimate of drug-likeness (QED) is 0.121. The summed E-state index contributed by atoms with van der Waals surface area (Å²) in [6, 6.07) is 5.48. The van der Waals surface area contributed by atoms with Crippen molar-refractivity contribution in [3.05, 3.63) is 30.1 Å². The number of rotatable bonds is 25. The standard InChI is InChI=1S/C31H55N3O5/c1-3-5-6-7-8-9-10-11-12-13-14-15-16-17-18-20-24-33-30(35)38-26-29(37-4-2)27-39-31(36)34-25-28-22-19-21-23-32-28/h19,21-23,29H,3-18,20,24-27H2,1-2H3,(H,33,35)(H,34,36). The van der Waals surface area contributed by atoms with E-state index in [1.54, 1.807) is 6.20 Å². The summed E-state index contributed by atoms with van der Waals surface area (Å²) in [5.74, 6) is 0. The molecule has 1 rings (SSSR count). The molecule has 0 fully saturated rings. The van der Waals surface area contributed by atoms with Gasteiger partial charge in [-0.25, -0.2) is 9.59 Å². The van der Waals surface area contributed by atoms with Crippen LogP contribution in [0.25, 0.3) is 0 Å². The van der Waals surface area contributed by atoms with Gasteiger partial charge >= 0.3 is 12.2 Å². The third-order valence-electron chi connectivity index (χ3n) is 6.64. The monoisotopic (exact) mass is 549 g/mol. The molecule has 8 heteroatoms. The summed E-state index contributed by atoms with van der Waals surface area (Å²) in [7, 11) is 0. The maximum atomic E-state index is 12.0. The van der Waals surface area contributed by atoms with Crippen LogP contribution in [0.5, 0.6) is 0 Å². The van der Waals surface area contributed by atoms with Crippen molar-refractivity contribution in [1.82, 2.24) is 15.6 Å². The molecule has 0 saturated heterocycles. The zero-order valence-electron chi connectivity index (χ0n) is 24.7. The van der Waals surface area contributed by atoms with Crippen LogP contribution in [-0.4, -0.2) is 49.6 Å². The van der Waals surface area contributed by atoms with Gasteiger partial charge in [0, 0.05) is 19.3 Å². The van der Waals surface area contributed by atoms with E-state index in [1.807, 2.05) is 25.1 Å². The highest BCUT2D eigenvalue weighted by molar-refractivity contribution is 5.67. The molecule has 39 heavy (non-hydrogen) atoms. The van der Waals surface area contributed by atoms with Crippen molar-refractivity contribution < 1.29 is 23.8 Å². The molecule has 1 heterocycles. The van der Waals surface area contributed by atoms with E-state index >= 15 is 0 Å². The summed E-state index contributed by atoms with van der Waals surface area (Å²) in [5, 5.41) is 5.43. The second kappa shape index (κ2) is 25.9. The Morgan fingerprint density at radius 3 is 1.72 bits per heavy atom. The van der Waals surface area contributed by atoms with E-state index in [9.17, 15) is 9.59 Å². The van der Waals surface area contributed by atoms with Crippen LogP contribution >= 0.6 is 0 Å². The van der Waals surface area contributed by atoms with Crippen LogP contribution in [0.4, 0.5) is 9.59 Å². The van der Waals surface area contributed by atoms with Crippen molar-refractivity contribution >= 4 is 12.2 Å². The van der Waals surface area contributed by atoms with Crippen LogP contribution in [0.1, 0.15) is 122 Å². The first-order valence-corrected chi connectivity index (χ1v) is 15.5. The van der Waals surface area contributed by atoms with E-state index in [4.69, 9.17) is 14.2 Å². The Morgan fingerprint density at radius 2 is 1.23 bits per heavy atom. The van der Waals surface area contributed by atoms with Gasteiger partial charge in [-0.15, -0.1) is 0 Å². The summed E-state index contributed by atoms with van der Waals surface area (Å²) in [4.78, 5) is 28.0. The highest BCUT2D eigenvalue weighted by Crippen LogP contribution is 2.13. The van der Waals surface area contributed by atoms with Gasteiger partial charge in [0.2, 0.25) is 0 Å². The van der Waals surface area contributed by atoms with Gasteiger partial charge < -0.3 is 24.8 Å². The van der Waals surface area contributed by atoms with Crippen LogP contribution in [0.2, 0.25) is 0 Å². The lowest BCUT2D eigenvalue weighted by Crippen LogP contribution is -2.34. The van der Waals surface area contributed by atoms with Crippen LogP contribution in [0.15, 0.2) is 24.4 Å². The van der Waals surface area contributed by atoms with E-state index in [2.05, 4.69) is 22.5 Å². The average Bonchev–Trinajstić information content (AvgIpc) is 2.95. The lowest BCUT2D eigenvalue weighted by atomic mass is 10.0. The van der Waals surface area contributed by atoms with Crippen LogP contribution in [-0.2, 0) is 20.8 Å². The number of amides is 2. The Morgan fingerprint density at radius 1 is 0.718 bits per heavy atom. The highest BCUT2D eigenvalue weighted by atomic mass is 16.6. The van der Waals surface area contributed by atoms with Crippen LogP contribution in [0.3, 0.4) is 0 Å².